The molecule has 3 nitrogen and oxygen atoms in total. The van der Waals surface area contributed by atoms with E-state index in [0.29, 0.717) is 6.54 Å². The van der Waals surface area contributed by atoms with Crippen LogP contribution in [0.2, 0.25) is 0 Å². The summed E-state index contributed by atoms with van der Waals surface area (Å²) in [5.74, 6) is 0. The van der Waals surface area contributed by atoms with Crippen LogP contribution >= 0.6 is 15.9 Å². The van der Waals surface area contributed by atoms with Crippen LogP contribution in [0.3, 0.4) is 0 Å². The lowest BCUT2D eigenvalue weighted by Crippen LogP contribution is -2.41. The summed E-state index contributed by atoms with van der Waals surface area (Å²) in [4.78, 5) is 2.22. The maximum absolute atomic E-state index is 5.79. The second kappa shape index (κ2) is 7.01. The van der Waals surface area contributed by atoms with Crippen molar-refractivity contribution in [3.63, 3.8) is 0 Å². The first-order valence-electron chi connectivity index (χ1n) is 5.50. The molecule has 0 bridgehead atoms. The number of benzene rings is 1. The molecule has 1 rings (SSSR count). The van der Waals surface area contributed by atoms with Crippen LogP contribution in [0.25, 0.3) is 0 Å². The van der Waals surface area contributed by atoms with Crippen molar-refractivity contribution in [3.05, 3.63) is 34.3 Å². The number of nitrogens with zero attached hydrogens (tertiary/aromatic N) is 1. The molecule has 0 aromatic heterocycles. The Morgan fingerprint density at radius 2 is 2.19 bits per heavy atom. The van der Waals surface area contributed by atoms with E-state index in [4.69, 9.17) is 11.5 Å². The molecule has 0 aliphatic heterocycles. The topological polar surface area (TPSA) is 55.3 Å². The third-order valence-electron chi connectivity index (χ3n) is 2.52. The lowest BCUT2D eigenvalue weighted by atomic mass is 10.1. The van der Waals surface area contributed by atoms with Crippen LogP contribution in [0.5, 0.6) is 0 Å². The van der Waals surface area contributed by atoms with Gasteiger partial charge in [-0.25, -0.2) is 0 Å². The quantitative estimate of drug-likeness (QED) is 0.826. The molecule has 1 aromatic carbocycles. The minimum absolute atomic E-state index is 0.0764. The fourth-order valence-electron chi connectivity index (χ4n) is 1.58. The van der Waals surface area contributed by atoms with E-state index < -0.39 is 0 Å². The molecule has 90 valence electrons. The average Bonchev–Trinajstić information content (AvgIpc) is 2.26. The summed E-state index contributed by atoms with van der Waals surface area (Å²) in [6, 6.07) is 8.47. The molecule has 1 atom stereocenters. The van der Waals surface area contributed by atoms with Gasteiger partial charge in [0.2, 0.25) is 0 Å². The molecule has 0 fully saturated rings. The Morgan fingerprint density at radius 3 is 2.81 bits per heavy atom. The SMILES string of the molecule is CN(CCc1cccc(Br)c1)CC(N)CN. The largest absolute Gasteiger partial charge is 0.329 e. The van der Waals surface area contributed by atoms with E-state index in [1.165, 1.54) is 5.56 Å². The molecule has 0 saturated carbocycles. The van der Waals surface area contributed by atoms with Crippen molar-refractivity contribution in [2.45, 2.75) is 12.5 Å². The minimum Gasteiger partial charge on any atom is -0.329 e. The summed E-state index contributed by atoms with van der Waals surface area (Å²) in [6.45, 7) is 2.40. The molecule has 0 radical (unpaired) electrons. The van der Waals surface area contributed by atoms with Crippen molar-refractivity contribution in [1.82, 2.24) is 4.90 Å². The van der Waals surface area contributed by atoms with Gasteiger partial charge in [0.05, 0.1) is 0 Å². The number of hydrogen-bond donors (Lipinski definition) is 2. The van der Waals surface area contributed by atoms with Crippen LogP contribution in [0, 0.1) is 0 Å². The molecule has 16 heavy (non-hydrogen) atoms. The molecular weight excluding hydrogens is 266 g/mol. The highest BCUT2D eigenvalue weighted by molar-refractivity contribution is 9.10. The fraction of sp³-hybridized carbons (Fsp3) is 0.500. The Bertz CT molecular complexity index is 317. The van der Waals surface area contributed by atoms with Gasteiger partial charge in [-0.15, -0.1) is 0 Å². The van der Waals surface area contributed by atoms with Crippen LogP contribution in [0.1, 0.15) is 5.56 Å². The van der Waals surface area contributed by atoms with Crippen molar-refractivity contribution in [3.8, 4) is 0 Å². The predicted octanol–water partition coefficient (Wildman–Crippen LogP) is 1.21. The van der Waals surface area contributed by atoms with Gasteiger partial charge >= 0.3 is 0 Å². The molecule has 0 heterocycles. The van der Waals surface area contributed by atoms with E-state index in [2.05, 4.69) is 46.1 Å². The van der Waals surface area contributed by atoms with Crippen LogP contribution in [-0.4, -0.2) is 37.6 Å². The van der Waals surface area contributed by atoms with Gasteiger partial charge in [-0.05, 0) is 31.2 Å². The summed E-state index contributed by atoms with van der Waals surface area (Å²) >= 11 is 3.47. The van der Waals surface area contributed by atoms with Crippen molar-refractivity contribution in [2.24, 2.45) is 11.5 Å². The average molecular weight is 286 g/mol. The lowest BCUT2D eigenvalue weighted by Gasteiger charge is -2.20. The zero-order chi connectivity index (χ0) is 12.0. The molecule has 1 unspecified atom stereocenters. The second-order valence-electron chi connectivity index (χ2n) is 4.14. The fourth-order valence-corrected chi connectivity index (χ4v) is 2.03. The minimum atomic E-state index is 0.0764. The number of nitrogens with two attached hydrogens (primary N) is 2. The standard InChI is InChI=1S/C12H20BrN3/c1-16(9-12(15)8-14)6-5-10-3-2-4-11(13)7-10/h2-4,7,12H,5-6,8-9,14-15H2,1H3. The molecule has 0 saturated heterocycles. The van der Waals surface area contributed by atoms with Crippen LogP contribution < -0.4 is 11.5 Å². The van der Waals surface area contributed by atoms with Crippen LogP contribution in [-0.2, 0) is 6.42 Å². The van der Waals surface area contributed by atoms with Crippen molar-refractivity contribution in [2.75, 3.05) is 26.7 Å². The molecule has 4 heteroatoms. The molecule has 0 aliphatic carbocycles. The van der Waals surface area contributed by atoms with Gasteiger partial charge in [-0.3, -0.25) is 0 Å². The Morgan fingerprint density at radius 1 is 1.44 bits per heavy atom. The van der Waals surface area contributed by atoms with Crippen molar-refractivity contribution < 1.29 is 0 Å². The maximum atomic E-state index is 5.79. The zero-order valence-corrected chi connectivity index (χ0v) is 11.3. The van der Waals surface area contributed by atoms with Crippen molar-refractivity contribution in [1.29, 1.82) is 0 Å². The van der Waals surface area contributed by atoms with E-state index in [0.717, 1.165) is 24.0 Å². The Balaban J connectivity index is 2.34. The summed E-state index contributed by atoms with van der Waals surface area (Å²) in [5.41, 5.74) is 12.6. The van der Waals surface area contributed by atoms with E-state index in [1.807, 2.05) is 6.07 Å². The smallest absolute Gasteiger partial charge is 0.0292 e. The highest BCUT2D eigenvalue weighted by Gasteiger charge is 2.04. The van der Waals surface area contributed by atoms with Gasteiger partial charge in [-0.1, -0.05) is 28.1 Å². The van der Waals surface area contributed by atoms with Crippen LogP contribution in [0.4, 0.5) is 0 Å². The van der Waals surface area contributed by atoms with E-state index >= 15 is 0 Å². The molecule has 0 amide bonds. The van der Waals surface area contributed by atoms with Gasteiger partial charge in [0, 0.05) is 30.1 Å². The summed E-state index contributed by atoms with van der Waals surface area (Å²) in [7, 11) is 2.08. The van der Waals surface area contributed by atoms with Crippen LogP contribution in [0.15, 0.2) is 28.7 Å². The predicted molar refractivity (Wildman–Crippen MR) is 72.4 cm³/mol. The number of rotatable bonds is 6. The number of likely N-dealkylation sites (N-methyl/N-ethyl adjacent to an activating group) is 1. The van der Waals surface area contributed by atoms with Gasteiger partial charge in [-0.2, -0.15) is 0 Å². The molecule has 0 aliphatic rings. The molecular formula is C12H20BrN3. The first-order valence-corrected chi connectivity index (χ1v) is 6.29. The number of hydrogen-bond acceptors (Lipinski definition) is 3. The van der Waals surface area contributed by atoms with Gasteiger partial charge in [0.1, 0.15) is 0 Å². The summed E-state index contributed by atoms with van der Waals surface area (Å²) < 4.78 is 1.13. The lowest BCUT2D eigenvalue weighted by molar-refractivity contribution is 0.316. The van der Waals surface area contributed by atoms with E-state index in [9.17, 15) is 0 Å². The third-order valence-corrected chi connectivity index (χ3v) is 3.01. The Kier molecular flexibility index (Phi) is 5.98. The summed E-state index contributed by atoms with van der Waals surface area (Å²) in [5, 5.41) is 0. The maximum Gasteiger partial charge on any atom is 0.0292 e. The molecule has 1 aromatic rings. The Hall–Kier alpha value is -0.420. The number of halogens is 1. The second-order valence-corrected chi connectivity index (χ2v) is 5.05. The zero-order valence-electron chi connectivity index (χ0n) is 9.70. The first kappa shape index (κ1) is 13.6. The highest BCUT2D eigenvalue weighted by atomic mass is 79.9. The summed E-state index contributed by atoms with van der Waals surface area (Å²) in [6.07, 6.45) is 1.03. The molecule has 0 spiro atoms. The van der Waals surface area contributed by atoms with Gasteiger partial charge < -0.3 is 16.4 Å². The third kappa shape index (κ3) is 5.07. The van der Waals surface area contributed by atoms with Crippen molar-refractivity contribution >= 4 is 15.9 Å². The molecule has 4 N–H and O–H groups in total. The normalized spacial score (nSPS) is 13.1. The first-order chi connectivity index (χ1) is 7.61. The van der Waals surface area contributed by atoms with E-state index in [-0.39, 0.29) is 6.04 Å². The van der Waals surface area contributed by atoms with E-state index in [1.54, 1.807) is 0 Å². The van der Waals surface area contributed by atoms with Gasteiger partial charge in [0.25, 0.3) is 0 Å². The monoisotopic (exact) mass is 285 g/mol. The highest BCUT2D eigenvalue weighted by Crippen LogP contribution is 2.12. The Labute approximate surface area is 106 Å². The van der Waals surface area contributed by atoms with Gasteiger partial charge in [0.15, 0.2) is 0 Å².